The first-order valence-electron chi connectivity index (χ1n) is 3.93. The number of H-pyrrole nitrogens is 1. The smallest absolute Gasteiger partial charge is 0.325 e. The predicted octanol–water partition coefficient (Wildman–Crippen LogP) is -0.684. The van der Waals surface area contributed by atoms with Crippen LogP contribution in [0.4, 0.5) is 0 Å². The number of aromatic nitrogens is 3. The molecule has 0 bridgehead atoms. The topological polar surface area (TPSA) is 108 Å². The zero-order valence-corrected chi connectivity index (χ0v) is 7.74. The molecule has 0 aliphatic carbocycles. The van der Waals surface area contributed by atoms with Crippen molar-refractivity contribution in [2.45, 2.75) is 19.9 Å². The quantitative estimate of drug-likeness (QED) is 0.596. The Bertz CT molecular complexity index is 360. The SMILES string of the molecule is Cc1nc(C(=O)N[C@H](C)C(=O)O)n[nH]1. The molecule has 0 saturated carbocycles. The van der Waals surface area contributed by atoms with Crippen LogP contribution in [-0.4, -0.2) is 38.2 Å². The van der Waals surface area contributed by atoms with Crippen molar-refractivity contribution < 1.29 is 14.7 Å². The van der Waals surface area contributed by atoms with Crippen molar-refractivity contribution in [1.82, 2.24) is 20.5 Å². The number of carboxylic acids is 1. The van der Waals surface area contributed by atoms with Gasteiger partial charge >= 0.3 is 5.97 Å². The number of aryl methyl sites for hydroxylation is 1. The lowest BCUT2D eigenvalue weighted by Gasteiger charge is -2.05. The highest BCUT2D eigenvalue weighted by Crippen LogP contribution is 1.92. The average Bonchev–Trinajstić information content (AvgIpc) is 2.51. The van der Waals surface area contributed by atoms with E-state index in [9.17, 15) is 9.59 Å². The lowest BCUT2D eigenvalue weighted by atomic mass is 10.3. The Morgan fingerprint density at radius 3 is 2.64 bits per heavy atom. The molecule has 0 radical (unpaired) electrons. The van der Waals surface area contributed by atoms with Crippen molar-refractivity contribution in [1.29, 1.82) is 0 Å². The molecule has 7 nitrogen and oxygen atoms in total. The van der Waals surface area contributed by atoms with Crippen molar-refractivity contribution in [2.75, 3.05) is 0 Å². The van der Waals surface area contributed by atoms with Gasteiger partial charge in [0.1, 0.15) is 11.9 Å². The van der Waals surface area contributed by atoms with Gasteiger partial charge in [-0.25, -0.2) is 4.98 Å². The van der Waals surface area contributed by atoms with Gasteiger partial charge in [-0.15, -0.1) is 5.10 Å². The van der Waals surface area contributed by atoms with Crippen LogP contribution >= 0.6 is 0 Å². The van der Waals surface area contributed by atoms with E-state index in [-0.39, 0.29) is 5.82 Å². The van der Waals surface area contributed by atoms with Gasteiger partial charge in [-0.1, -0.05) is 0 Å². The van der Waals surface area contributed by atoms with E-state index in [2.05, 4.69) is 20.5 Å². The van der Waals surface area contributed by atoms with E-state index in [0.29, 0.717) is 5.82 Å². The first-order chi connectivity index (χ1) is 6.50. The Labute approximate surface area is 79.5 Å². The standard InChI is InChI=1S/C7H10N4O3/c1-3(7(13)14)8-6(12)5-9-4(2)10-11-5/h3H,1-2H3,(H,8,12)(H,13,14)(H,9,10,11)/t3-/m1/s1. The Balaban J connectivity index is 2.63. The maximum Gasteiger partial charge on any atom is 0.325 e. The zero-order valence-electron chi connectivity index (χ0n) is 7.74. The van der Waals surface area contributed by atoms with E-state index in [1.165, 1.54) is 6.92 Å². The predicted molar refractivity (Wildman–Crippen MR) is 45.7 cm³/mol. The number of carbonyl (C=O) groups excluding carboxylic acids is 1. The van der Waals surface area contributed by atoms with Crippen molar-refractivity contribution in [3.8, 4) is 0 Å². The van der Waals surface area contributed by atoms with E-state index >= 15 is 0 Å². The normalized spacial score (nSPS) is 12.1. The summed E-state index contributed by atoms with van der Waals surface area (Å²) in [6.45, 7) is 3.00. The maximum absolute atomic E-state index is 11.3. The molecule has 14 heavy (non-hydrogen) atoms. The van der Waals surface area contributed by atoms with Crippen LogP contribution in [0.3, 0.4) is 0 Å². The largest absolute Gasteiger partial charge is 0.480 e. The molecule has 0 aromatic carbocycles. The summed E-state index contributed by atoms with van der Waals surface area (Å²) in [6, 6.07) is -0.957. The fraction of sp³-hybridized carbons (Fsp3) is 0.429. The van der Waals surface area contributed by atoms with E-state index in [1.54, 1.807) is 6.92 Å². The van der Waals surface area contributed by atoms with Gasteiger partial charge < -0.3 is 10.4 Å². The summed E-state index contributed by atoms with van der Waals surface area (Å²) in [5, 5.41) is 16.8. The molecule has 1 heterocycles. The Morgan fingerprint density at radius 2 is 2.21 bits per heavy atom. The molecule has 0 aliphatic heterocycles. The highest BCUT2D eigenvalue weighted by atomic mass is 16.4. The molecule has 1 aromatic rings. The second kappa shape index (κ2) is 3.86. The molecule has 0 spiro atoms. The Morgan fingerprint density at radius 1 is 1.57 bits per heavy atom. The zero-order chi connectivity index (χ0) is 10.7. The highest BCUT2D eigenvalue weighted by Gasteiger charge is 2.17. The van der Waals surface area contributed by atoms with Gasteiger partial charge in [0.25, 0.3) is 5.91 Å². The fourth-order valence-electron chi connectivity index (χ4n) is 0.767. The second-order valence-corrected chi connectivity index (χ2v) is 2.78. The van der Waals surface area contributed by atoms with Crippen LogP contribution < -0.4 is 5.32 Å². The average molecular weight is 198 g/mol. The Hall–Kier alpha value is -1.92. The molecular formula is C7H10N4O3. The number of nitrogens with one attached hydrogen (secondary N) is 2. The number of aromatic amines is 1. The van der Waals surface area contributed by atoms with E-state index in [1.807, 2.05) is 0 Å². The molecule has 3 N–H and O–H groups in total. The first-order valence-corrected chi connectivity index (χ1v) is 3.93. The highest BCUT2D eigenvalue weighted by molar-refractivity contribution is 5.93. The maximum atomic E-state index is 11.3. The Kier molecular flexibility index (Phi) is 2.80. The second-order valence-electron chi connectivity index (χ2n) is 2.78. The van der Waals surface area contributed by atoms with Gasteiger partial charge in [0.15, 0.2) is 0 Å². The molecule has 0 saturated heterocycles. The van der Waals surface area contributed by atoms with E-state index < -0.39 is 17.9 Å². The molecule has 0 aliphatic rings. The molecule has 1 amide bonds. The minimum atomic E-state index is -1.11. The lowest BCUT2D eigenvalue weighted by molar-refractivity contribution is -0.138. The van der Waals surface area contributed by atoms with E-state index in [4.69, 9.17) is 5.11 Å². The van der Waals surface area contributed by atoms with Gasteiger partial charge in [-0.3, -0.25) is 14.7 Å². The fourth-order valence-corrected chi connectivity index (χ4v) is 0.767. The summed E-state index contributed by atoms with van der Waals surface area (Å²) < 4.78 is 0. The number of aliphatic carboxylic acids is 1. The summed E-state index contributed by atoms with van der Waals surface area (Å²) in [5.41, 5.74) is 0. The molecule has 7 heteroatoms. The third kappa shape index (κ3) is 2.28. The first kappa shape index (κ1) is 10.2. The third-order valence-corrected chi connectivity index (χ3v) is 1.52. The van der Waals surface area contributed by atoms with Crippen LogP contribution in [-0.2, 0) is 4.79 Å². The molecule has 0 fully saturated rings. The molecule has 1 rings (SSSR count). The molecule has 0 unspecified atom stereocenters. The lowest BCUT2D eigenvalue weighted by Crippen LogP contribution is -2.38. The minimum Gasteiger partial charge on any atom is -0.480 e. The van der Waals surface area contributed by atoms with Gasteiger partial charge in [0.05, 0.1) is 0 Å². The van der Waals surface area contributed by atoms with Gasteiger partial charge in [0.2, 0.25) is 5.82 Å². The van der Waals surface area contributed by atoms with Crippen LogP contribution in [0.5, 0.6) is 0 Å². The monoisotopic (exact) mass is 198 g/mol. The number of nitrogens with zero attached hydrogens (tertiary/aromatic N) is 2. The summed E-state index contributed by atoms with van der Waals surface area (Å²) in [4.78, 5) is 25.4. The van der Waals surface area contributed by atoms with Crippen molar-refractivity contribution in [3.63, 3.8) is 0 Å². The minimum absolute atomic E-state index is 0.0596. The van der Waals surface area contributed by atoms with E-state index in [0.717, 1.165) is 0 Å². The molecule has 1 atom stereocenters. The molecular weight excluding hydrogens is 188 g/mol. The third-order valence-electron chi connectivity index (χ3n) is 1.52. The van der Waals surface area contributed by atoms with Crippen molar-refractivity contribution in [3.05, 3.63) is 11.6 Å². The van der Waals surface area contributed by atoms with Gasteiger partial charge in [0, 0.05) is 0 Å². The van der Waals surface area contributed by atoms with Crippen LogP contribution in [0.15, 0.2) is 0 Å². The number of hydrogen-bond donors (Lipinski definition) is 3. The summed E-state index contributed by atoms with van der Waals surface area (Å²) >= 11 is 0. The number of rotatable bonds is 3. The van der Waals surface area contributed by atoms with Crippen LogP contribution in [0.25, 0.3) is 0 Å². The van der Waals surface area contributed by atoms with Crippen LogP contribution in [0.1, 0.15) is 23.4 Å². The number of carboxylic acid groups (broad SMARTS) is 1. The van der Waals surface area contributed by atoms with Gasteiger partial charge in [-0.05, 0) is 13.8 Å². The number of hydrogen-bond acceptors (Lipinski definition) is 4. The number of carbonyl (C=O) groups is 2. The number of amides is 1. The van der Waals surface area contributed by atoms with Crippen molar-refractivity contribution in [2.24, 2.45) is 0 Å². The summed E-state index contributed by atoms with van der Waals surface area (Å²) in [7, 11) is 0. The summed E-state index contributed by atoms with van der Waals surface area (Å²) in [5.74, 6) is -1.27. The summed E-state index contributed by atoms with van der Waals surface area (Å²) in [6.07, 6.45) is 0. The van der Waals surface area contributed by atoms with Gasteiger partial charge in [-0.2, -0.15) is 0 Å². The van der Waals surface area contributed by atoms with Crippen molar-refractivity contribution >= 4 is 11.9 Å². The van der Waals surface area contributed by atoms with Crippen LogP contribution in [0, 0.1) is 6.92 Å². The molecule has 76 valence electrons. The molecule has 1 aromatic heterocycles. The van der Waals surface area contributed by atoms with Crippen LogP contribution in [0.2, 0.25) is 0 Å².